The van der Waals surface area contributed by atoms with Crippen LogP contribution in [0.25, 0.3) is 0 Å². The van der Waals surface area contributed by atoms with Crippen molar-refractivity contribution in [1.29, 1.82) is 0 Å². The first-order valence-electron chi connectivity index (χ1n) is 7.30. The molecular weight excluding hydrogens is 212 g/mol. The van der Waals surface area contributed by atoms with Gasteiger partial charge in [0, 0.05) is 31.6 Å². The second-order valence-electron chi connectivity index (χ2n) is 5.63. The molecule has 0 radical (unpaired) electrons. The van der Waals surface area contributed by atoms with E-state index >= 15 is 0 Å². The molecule has 0 aromatic carbocycles. The summed E-state index contributed by atoms with van der Waals surface area (Å²) < 4.78 is 0. The maximum absolute atomic E-state index is 12.5. The molecule has 2 aliphatic rings. The van der Waals surface area contributed by atoms with Crippen LogP contribution >= 0.6 is 0 Å². The lowest BCUT2D eigenvalue weighted by Gasteiger charge is -2.36. The van der Waals surface area contributed by atoms with Gasteiger partial charge in [-0.15, -0.1) is 0 Å². The normalized spacial score (nSPS) is 28.5. The average molecular weight is 238 g/mol. The van der Waals surface area contributed by atoms with Gasteiger partial charge in [0.1, 0.15) is 0 Å². The molecule has 2 rings (SSSR count). The first-order chi connectivity index (χ1) is 8.29. The Balaban J connectivity index is 1.91. The van der Waals surface area contributed by atoms with Crippen LogP contribution in [-0.2, 0) is 4.79 Å². The molecule has 1 heterocycles. The van der Waals surface area contributed by atoms with Crippen molar-refractivity contribution in [3.8, 4) is 0 Å². The molecule has 0 unspecified atom stereocenters. The molecule has 0 aromatic rings. The Morgan fingerprint density at radius 3 is 2.41 bits per heavy atom. The molecule has 1 atom stereocenters. The fourth-order valence-electron chi connectivity index (χ4n) is 3.11. The van der Waals surface area contributed by atoms with Crippen LogP contribution in [0.2, 0.25) is 0 Å². The summed E-state index contributed by atoms with van der Waals surface area (Å²) in [6, 6.07) is 0.377. The van der Waals surface area contributed by atoms with Gasteiger partial charge in [-0.25, -0.2) is 0 Å². The molecule has 1 saturated heterocycles. The number of nitrogens with one attached hydrogen (secondary N) is 1. The summed E-state index contributed by atoms with van der Waals surface area (Å²) in [7, 11) is 0. The van der Waals surface area contributed by atoms with Gasteiger partial charge in [-0.05, 0) is 19.8 Å². The number of piperazine rings is 1. The summed E-state index contributed by atoms with van der Waals surface area (Å²) in [6.45, 7) is 4.98. The minimum atomic E-state index is 0.316. The van der Waals surface area contributed by atoms with Gasteiger partial charge in [0.05, 0.1) is 0 Å². The van der Waals surface area contributed by atoms with E-state index in [4.69, 9.17) is 0 Å². The number of amides is 1. The zero-order chi connectivity index (χ0) is 12.1. The maximum atomic E-state index is 12.5. The largest absolute Gasteiger partial charge is 0.337 e. The number of carbonyl (C=O) groups is 1. The van der Waals surface area contributed by atoms with Gasteiger partial charge in [0.15, 0.2) is 0 Å². The number of carbonyl (C=O) groups excluding carboxylic acids is 1. The first kappa shape index (κ1) is 12.9. The molecule has 1 aliphatic carbocycles. The molecule has 0 aromatic heterocycles. The highest BCUT2D eigenvalue weighted by Gasteiger charge is 2.28. The van der Waals surface area contributed by atoms with E-state index in [0.717, 1.165) is 32.5 Å². The third-order valence-corrected chi connectivity index (χ3v) is 4.24. The molecule has 1 saturated carbocycles. The van der Waals surface area contributed by atoms with E-state index < -0.39 is 0 Å². The topological polar surface area (TPSA) is 32.3 Å². The highest BCUT2D eigenvalue weighted by atomic mass is 16.2. The third kappa shape index (κ3) is 3.44. The molecule has 1 aliphatic heterocycles. The quantitative estimate of drug-likeness (QED) is 0.759. The van der Waals surface area contributed by atoms with Crippen LogP contribution < -0.4 is 5.32 Å². The van der Waals surface area contributed by atoms with E-state index in [1.165, 1.54) is 32.1 Å². The van der Waals surface area contributed by atoms with E-state index in [1.54, 1.807) is 0 Å². The number of hydrogen-bond acceptors (Lipinski definition) is 2. The Morgan fingerprint density at radius 2 is 1.76 bits per heavy atom. The lowest BCUT2D eigenvalue weighted by Crippen LogP contribution is -2.53. The van der Waals surface area contributed by atoms with E-state index in [2.05, 4.69) is 17.1 Å². The summed E-state index contributed by atoms with van der Waals surface area (Å²) in [6.07, 6.45) is 8.74. The van der Waals surface area contributed by atoms with E-state index in [-0.39, 0.29) is 0 Å². The smallest absolute Gasteiger partial charge is 0.226 e. The maximum Gasteiger partial charge on any atom is 0.226 e. The van der Waals surface area contributed by atoms with Crippen LogP contribution in [0, 0.1) is 5.92 Å². The van der Waals surface area contributed by atoms with Gasteiger partial charge in [0.25, 0.3) is 0 Å². The first-order valence-corrected chi connectivity index (χ1v) is 7.30. The third-order valence-electron chi connectivity index (χ3n) is 4.24. The second-order valence-corrected chi connectivity index (χ2v) is 5.63. The van der Waals surface area contributed by atoms with E-state index in [9.17, 15) is 4.79 Å². The van der Waals surface area contributed by atoms with Crippen molar-refractivity contribution in [2.45, 2.75) is 57.9 Å². The SMILES string of the molecule is C[C@@H]1CNCCN1C(=O)C1CCCCCCC1. The molecule has 17 heavy (non-hydrogen) atoms. The highest BCUT2D eigenvalue weighted by Crippen LogP contribution is 2.24. The van der Waals surface area contributed by atoms with E-state index in [1.807, 2.05) is 0 Å². The van der Waals surface area contributed by atoms with Gasteiger partial charge in [0.2, 0.25) is 5.91 Å². The fraction of sp³-hybridized carbons (Fsp3) is 0.929. The number of rotatable bonds is 1. The van der Waals surface area contributed by atoms with Gasteiger partial charge in [-0.1, -0.05) is 32.1 Å². The lowest BCUT2D eigenvalue weighted by atomic mass is 9.89. The minimum absolute atomic E-state index is 0.316. The second kappa shape index (κ2) is 6.39. The molecule has 3 nitrogen and oxygen atoms in total. The fourth-order valence-corrected chi connectivity index (χ4v) is 3.11. The lowest BCUT2D eigenvalue weighted by molar-refractivity contribution is -0.139. The Hall–Kier alpha value is -0.570. The van der Waals surface area contributed by atoms with Gasteiger partial charge in [-0.2, -0.15) is 0 Å². The van der Waals surface area contributed by atoms with Crippen LogP contribution in [0.5, 0.6) is 0 Å². The van der Waals surface area contributed by atoms with Crippen molar-refractivity contribution in [2.24, 2.45) is 5.92 Å². The van der Waals surface area contributed by atoms with Crippen molar-refractivity contribution >= 4 is 5.91 Å². The van der Waals surface area contributed by atoms with Gasteiger partial charge < -0.3 is 10.2 Å². The highest BCUT2D eigenvalue weighted by molar-refractivity contribution is 5.79. The predicted octanol–water partition coefficient (Wildman–Crippen LogP) is 2.17. The minimum Gasteiger partial charge on any atom is -0.337 e. The predicted molar refractivity (Wildman–Crippen MR) is 69.9 cm³/mol. The summed E-state index contributed by atoms with van der Waals surface area (Å²) in [5.41, 5.74) is 0. The number of nitrogens with zero attached hydrogens (tertiary/aromatic N) is 1. The average Bonchev–Trinajstić information content (AvgIpc) is 2.28. The molecule has 98 valence electrons. The van der Waals surface area contributed by atoms with Crippen LogP contribution in [0.1, 0.15) is 51.9 Å². The van der Waals surface area contributed by atoms with E-state index in [0.29, 0.717) is 17.9 Å². The molecule has 2 fully saturated rings. The van der Waals surface area contributed by atoms with Crippen molar-refractivity contribution < 1.29 is 4.79 Å². The Bertz CT molecular complexity index is 247. The van der Waals surface area contributed by atoms with Crippen molar-refractivity contribution in [3.63, 3.8) is 0 Å². The van der Waals surface area contributed by atoms with Gasteiger partial charge in [-0.3, -0.25) is 4.79 Å². The van der Waals surface area contributed by atoms with Crippen LogP contribution in [0.3, 0.4) is 0 Å². The summed E-state index contributed by atoms with van der Waals surface area (Å²) >= 11 is 0. The van der Waals surface area contributed by atoms with Gasteiger partial charge >= 0.3 is 0 Å². The molecule has 1 N–H and O–H groups in total. The Morgan fingerprint density at radius 1 is 1.12 bits per heavy atom. The molecule has 3 heteroatoms. The monoisotopic (exact) mass is 238 g/mol. The summed E-state index contributed by atoms with van der Waals surface area (Å²) in [5.74, 6) is 0.747. The number of hydrogen-bond donors (Lipinski definition) is 1. The molecular formula is C14H26N2O. The van der Waals surface area contributed by atoms with Crippen LogP contribution in [0.15, 0.2) is 0 Å². The summed E-state index contributed by atoms with van der Waals surface area (Å²) in [5, 5.41) is 3.35. The van der Waals surface area contributed by atoms with Crippen molar-refractivity contribution in [1.82, 2.24) is 10.2 Å². The van der Waals surface area contributed by atoms with Crippen molar-refractivity contribution in [2.75, 3.05) is 19.6 Å². The molecule has 1 amide bonds. The molecule has 0 spiro atoms. The zero-order valence-electron chi connectivity index (χ0n) is 11.1. The van der Waals surface area contributed by atoms with Crippen molar-refractivity contribution in [3.05, 3.63) is 0 Å². The van der Waals surface area contributed by atoms with Crippen LogP contribution in [-0.4, -0.2) is 36.5 Å². The summed E-state index contributed by atoms with van der Waals surface area (Å²) in [4.78, 5) is 14.6. The molecule has 0 bridgehead atoms. The Labute approximate surface area is 105 Å². The standard InChI is InChI=1S/C14H26N2O/c1-12-11-15-9-10-16(12)14(17)13-7-5-3-2-4-6-8-13/h12-13,15H,2-11H2,1H3/t12-/m1/s1. The van der Waals surface area contributed by atoms with Crippen LogP contribution in [0.4, 0.5) is 0 Å². The Kier molecular flexibility index (Phi) is 4.84. The zero-order valence-corrected chi connectivity index (χ0v) is 11.1.